The Hall–Kier alpha value is -1.12. The van der Waals surface area contributed by atoms with Gasteiger partial charge in [0.1, 0.15) is 16.8 Å². The van der Waals surface area contributed by atoms with Gasteiger partial charge in [0.15, 0.2) is 0 Å². The van der Waals surface area contributed by atoms with E-state index in [2.05, 4.69) is 4.72 Å². The Morgan fingerprint density at radius 3 is 2.61 bits per heavy atom. The minimum Gasteiger partial charge on any atom is -0.341 e. The van der Waals surface area contributed by atoms with E-state index in [9.17, 15) is 17.6 Å². The number of nitrogens with zero attached hydrogens (tertiary/aromatic N) is 1. The molecular weight excluding hydrogens is 339 g/mol. The molecule has 128 valence electrons. The molecule has 1 saturated heterocycles. The van der Waals surface area contributed by atoms with E-state index in [4.69, 9.17) is 0 Å². The summed E-state index contributed by atoms with van der Waals surface area (Å²) in [4.78, 5) is 13.8. The number of hydrogen-bond acceptors (Lipinski definition) is 4. The average Bonchev–Trinajstić information content (AvgIpc) is 3.05. The number of rotatable bonds is 7. The first kappa shape index (κ1) is 18.2. The molecule has 0 saturated carbocycles. The van der Waals surface area contributed by atoms with Gasteiger partial charge in [-0.2, -0.15) is 16.5 Å². The molecule has 0 bridgehead atoms. The fourth-order valence-electron chi connectivity index (χ4n) is 2.54. The van der Waals surface area contributed by atoms with Crippen LogP contribution >= 0.6 is 11.8 Å². The second kappa shape index (κ2) is 8.12. The van der Waals surface area contributed by atoms with Gasteiger partial charge >= 0.3 is 0 Å². The summed E-state index contributed by atoms with van der Waals surface area (Å²) >= 11 is 1.54. The van der Waals surface area contributed by atoms with E-state index in [1.165, 1.54) is 30.0 Å². The van der Waals surface area contributed by atoms with Gasteiger partial charge in [0.05, 0.1) is 0 Å². The molecule has 1 unspecified atom stereocenters. The normalized spacial score (nSPS) is 16.5. The maximum absolute atomic E-state index is 13.8. The highest BCUT2D eigenvalue weighted by molar-refractivity contribution is 7.98. The van der Waals surface area contributed by atoms with Crippen molar-refractivity contribution in [1.82, 2.24) is 9.62 Å². The number of amides is 1. The zero-order valence-electron chi connectivity index (χ0n) is 13.0. The lowest BCUT2D eigenvalue weighted by Crippen LogP contribution is -2.48. The fourth-order valence-corrected chi connectivity index (χ4v) is 4.31. The first-order chi connectivity index (χ1) is 11.0. The van der Waals surface area contributed by atoms with Crippen LogP contribution in [0, 0.1) is 5.82 Å². The number of thioether (sulfide) groups is 1. The summed E-state index contributed by atoms with van der Waals surface area (Å²) in [7, 11) is -4.08. The van der Waals surface area contributed by atoms with Crippen LogP contribution in [0.1, 0.15) is 19.3 Å². The summed E-state index contributed by atoms with van der Waals surface area (Å²) in [6.45, 7) is 1.30. The molecule has 0 aliphatic carbocycles. The first-order valence-electron chi connectivity index (χ1n) is 7.50. The summed E-state index contributed by atoms with van der Waals surface area (Å²) in [5.41, 5.74) is 0. The molecule has 1 aliphatic rings. The molecule has 1 aromatic carbocycles. The quantitative estimate of drug-likeness (QED) is 0.806. The maximum Gasteiger partial charge on any atom is 0.244 e. The van der Waals surface area contributed by atoms with Gasteiger partial charge in [0.2, 0.25) is 15.9 Å². The van der Waals surface area contributed by atoms with Crippen molar-refractivity contribution in [3.63, 3.8) is 0 Å². The third kappa shape index (κ3) is 4.68. The van der Waals surface area contributed by atoms with Crippen LogP contribution in [0.3, 0.4) is 0 Å². The Balaban J connectivity index is 2.19. The van der Waals surface area contributed by atoms with Gasteiger partial charge < -0.3 is 4.90 Å². The zero-order valence-corrected chi connectivity index (χ0v) is 14.6. The maximum atomic E-state index is 13.8. The molecule has 23 heavy (non-hydrogen) atoms. The highest BCUT2D eigenvalue weighted by atomic mass is 32.2. The van der Waals surface area contributed by atoms with Crippen molar-refractivity contribution in [1.29, 1.82) is 0 Å². The molecule has 2 rings (SSSR count). The number of nitrogens with one attached hydrogen (secondary N) is 1. The van der Waals surface area contributed by atoms with E-state index >= 15 is 0 Å². The third-order valence-corrected chi connectivity index (χ3v) is 5.90. The van der Waals surface area contributed by atoms with Gasteiger partial charge in [-0.3, -0.25) is 4.79 Å². The molecule has 0 spiro atoms. The lowest BCUT2D eigenvalue weighted by Gasteiger charge is -2.24. The van der Waals surface area contributed by atoms with Gasteiger partial charge in [0, 0.05) is 13.1 Å². The van der Waals surface area contributed by atoms with E-state index in [0.717, 1.165) is 18.9 Å². The summed E-state index contributed by atoms with van der Waals surface area (Å²) in [5.74, 6) is -0.405. The summed E-state index contributed by atoms with van der Waals surface area (Å²) in [6, 6.07) is 4.31. The topological polar surface area (TPSA) is 66.5 Å². The Morgan fingerprint density at radius 1 is 1.35 bits per heavy atom. The average molecular weight is 360 g/mol. The molecule has 1 heterocycles. The van der Waals surface area contributed by atoms with Gasteiger partial charge in [-0.05, 0) is 43.4 Å². The first-order valence-corrected chi connectivity index (χ1v) is 10.4. The van der Waals surface area contributed by atoms with Crippen LogP contribution < -0.4 is 4.72 Å². The van der Waals surface area contributed by atoms with Crippen LogP contribution in [-0.2, 0) is 14.8 Å². The zero-order chi connectivity index (χ0) is 16.9. The Labute approximate surface area is 140 Å². The van der Waals surface area contributed by atoms with Crippen LogP contribution in [0.4, 0.5) is 4.39 Å². The van der Waals surface area contributed by atoms with E-state index in [-0.39, 0.29) is 5.91 Å². The number of sulfonamides is 1. The van der Waals surface area contributed by atoms with Gasteiger partial charge in [-0.25, -0.2) is 12.8 Å². The summed E-state index contributed by atoms with van der Waals surface area (Å²) in [6.07, 6.45) is 4.13. The van der Waals surface area contributed by atoms with Gasteiger partial charge in [-0.15, -0.1) is 0 Å². The van der Waals surface area contributed by atoms with Crippen molar-refractivity contribution in [2.24, 2.45) is 0 Å². The lowest BCUT2D eigenvalue weighted by molar-refractivity contribution is -0.131. The van der Waals surface area contributed by atoms with E-state index < -0.39 is 26.8 Å². The Kier molecular flexibility index (Phi) is 6.43. The van der Waals surface area contributed by atoms with Crippen LogP contribution in [-0.4, -0.2) is 50.4 Å². The molecule has 0 radical (unpaired) electrons. The number of hydrogen-bond donors (Lipinski definition) is 1. The number of benzene rings is 1. The Bertz CT molecular complexity index is 646. The Morgan fingerprint density at radius 2 is 2.00 bits per heavy atom. The lowest BCUT2D eigenvalue weighted by atomic mass is 10.2. The van der Waals surface area contributed by atoms with Crippen molar-refractivity contribution in [2.75, 3.05) is 25.1 Å². The minimum absolute atomic E-state index is 0.225. The highest BCUT2D eigenvalue weighted by Gasteiger charge is 2.31. The number of likely N-dealkylation sites (tertiary alicyclic amines) is 1. The molecule has 1 fully saturated rings. The minimum atomic E-state index is -4.08. The summed E-state index contributed by atoms with van der Waals surface area (Å²) in [5, 5.41) is 0. The predicted molar refractivity (Wildman–Crippen MR) is 89.3 cm³/mol. The number of carbonyl (C=O) groups excluding carboxylic acids is 1. The van der Waals surface area contributed by atoms with Crippen molar-refractivity contribution in [2.45, 2.75) is 30.2 Å². The standard InChI is InChI=1S/C15H21FN2O3S2/c1-22-11-8-13(15(19)18-9-4-5-10-18)17-23(20,21)14-7-3-2-6-12(14)16/h2-3,6-7,13,17H,4-5,8-11H2,1H3. The summed E-state index contributed by atoms with van der Waals surface area (Å²) < 4.78 is 41.0. The van der Waals surface area contributed by atoms with Crippen molar-refractivity contribution >= 4 is 27.7 Å². The van der Waals surface area contributed by atoms with Crippen LogP contribution in [0.25, 0.3) is 0 Å². The second-order valence-electron chi connectivity index (χ2n) is 5.42. The largest absolute Gasteiger partial charge is 0.341 e. The fraction of sp³-hybridized carbons (Fsp3) is 0.533. The van der Waals surface area contributed by atoms with E-state index in [1.807, 2.05) is 6.26 Å². The second-order valence-corrected chi connectivity index (χ2v) is 8.09. The smallest absolute Gasteiger partial charge is 0.244 e. The molecule has 1 amide bonds. The van der Waals surface area contributed by atoms with Gasteiger partial charge in [0.25, 0.3) is 0 Å². The molecule has 0 aromatic heterocycles. The third-order valence-electron chi connectivity index (χ3n) is 3.75. The molecule has 1 N–H and O–H groups in total. The molecule has 1 atom stereocenters. The molecular formula is C15H21FN2O3S2. The number of halogens is 1. The van der Waals surface area contributed by atoms with Crippen molar-refractivity contribution in [3.05, 3.63) is 30.1 Å². The predicted octanol–water partition coefficient (Wildman–Crippen LogP) is 1.85. The highest BCUT2D eigenvalue weighted by Crippen LogP contribution is 2.17. The number of carbonyl (C=O) groups is 1. The molecule has 1 aromatic rings. The van der Waals surface area contributed by atoms with Crippen molar-refractivity contribution in [3.8, 4) is 0 Å². The van der Waals surface area contributed by atoms with Crippen molar-refractivity contribution < 1.29 is 17.6 Å². The molecule has 5 nitrogen and oxygen atoms in total. The van der Waals surface area contributed by atoms with E-state index in [1.54, 1.807) is 4.90 Å². The van der Waals surface area contributed by atoms with Crippen LogP contribution in [0.5, 0.6) is 0 Å². The van der Waals surface area contributed by atoms with Crippen LogP contribution in [0.15, 0.2) is 29.2 Å². The monoisotopic (exact) mass is 360 g/mol. The van der Waals surface area contributed by atoms with E-state index in [0.29, 0.717) is 25.3 Å². The van der Waals surface area contributed by atoms with Gasteiger partial charge in [-0.1, -0.05) is 12.1 Å². The SMILES string of the molecule is CSCCC(NS(=O)(=O)c1ccccc1F)C(=O)N1CCCC1. The molecule has 1 aliphatic heterocycles. The molecule has 8 heteroatoms. The van der Waals surface area contributed by atoms with Crippen LogP contribution in [0.2, 0.25) is 0 Å².